The van der Waals surface area contributed by atoms with Gasteiger partial charge in [0, 0.05) is 45.1 Å². The molecule has 0 saturated heterocycles. The predicted octanol–water partition coefficient (Wildman–Crippen LogP) is 31.9. The van der Waals surface area contributed by atoms with E-state index in [2.05, 4.69) is 62.4 Å². The van der Waals surface area contributed by atoms with Gasteiger partial charge in [0.05, 0.1) is 0 Å². The van der Waals surface area contributed by atoms with E-state index in [9.17, 15) is 0 Å². The van der Waals surface area contributed by atoms with E-state index in [-0.39, 0.29) is 59.4 Å². The summed E-state index contributed by atoms with van der Waals surface area (Å²) in [6, 6.07) is 20.2. The van der Waals surface area contributed by atoms with Gasteiger partial charge in [0.15, 0.2) is 0 Å². The maximum Gasteiger partial charge on any atom is 0.261 e. The molecular formula is C111H146N2O4. The first kappa shape index (κ1) is 78.6. The molecule has 117 heavy (non-hydrogen) atoms. The van der Waals surface area contributed by atoms with Crippen molar-refractivity contribution in [2.75, 3.05) is 0 Å². The molecule has 8 aromatic carbocycles. The Morgan fingerprint density at radius 1 is 0.239 bits per heavy atom. The molecule has 21 rings (SSSR count). The fourth-order valence-electron chi connectivity index (χ4n) is 31.5. The van der Waals surface area contributed by atoms with Gasteiger partial charge in [-0.25, -0.2) is 0 Å². The monoisotopic (exact) mass is 1570 g/mol. The standard InChI is InChI=1S/C111H146N2O4/c1-69-27-17-56-84(57-18-28-69)113-109(116)95-67-91(80-48-21-41-76(42-22-49-80)72-33-7-8-34-72)101-87-60-59-85-97-86(61-62-88(98(87)97)102-92(68-96(110(113)117)104(95)106(101)102)81-50-23-43-77(44-24-51-81)73-35-9-10-36-73)100-90(79-46-19-39-75(40-20-47-79)71-31-5-6-32-71)66-94-103-93(107(114)112(108(94)115)83-55-14-12-37-74(45-26-58-83)70-29-3-4-30-70)65-89(99(85)105(100)103)78-38-11-13-53-82(54-25-52-78)111(2)63-15-16-64-111/h59-62,65-84H,3-58,63-64H2,1-2H3. The van der Waals surface area contributed by atoms with Crippen LogP contribution >= 0.6 is 0 Å². The molecule has 8 aromatic rings. The van der Waals surface area contributed by atoms with Crippen LogP contribution in [0.4, 0.5) is 0 Å². The molecule has 11 fully saturated rings. The van der Waals surface area contributed by atoms with Crippen molar-refractivity contribution in [1.29, 1.82) is 0 Å². The fraction of sp³-hybridized carbons (Fsp3) is 0.694. The lowest BCUT2D eigenvalue weighted by Gasteiger charge is -2.38. The lowest BCUT2D eigenvalue weighted by molar-refractivity contribution is 0.0497. The Labute approximate surface area is 703 Å². The lowest BCUT2D eigenvalue weighted by atomic mass is 9.71. The molecule has 2 aliphatic heterocycles. The fourth-order valence-corrected chi connectivity index (χ4v) is 31.5. The zero-order chi connectivity index (χ0) is 78.6. The minimum atomic E-state index is -0.0969. The van der Waals surface area contributed by atoms with Crippen LogP contribution in [0.5, 0.6) is 0 Å². The van der Waals surface area contributed by atoms with Crippen LogP contribution in [0, 0.1) is 64.6 Å². The third-order valence-electron chi connectivity index (χ3n) is 37.6. The molecule has 6 nitrogen and oxygen atoms in total. The Kier molecular flexibility index (Phi) is 22.5. The van der Waals surface area contributed by atoms with Gasteiger partial charge in [-0.05, 0) is 302 Å². The summed E-state index contributed by atoms with van der Waals surface area (Å²) in [5.41, 5.74) is 9.31. The zero-order valence-electron chi connectivity index (χ0n) is 72.9. The Bertz CT molecular complexity index is 4830. The van der Waals surface area contributed by atoms with E-state index >= 15 is 19.2 Å². The Morgan fingerprint density at radius 3 is 0.769 bits per heavy atom. The average Bonchev–Trinajstić information content (AvgIpc) is 1.28. The minimum absolute atomic E-state index is 0.00422. The average molecular weight is 1570 g/mol. The zero-order valence-corrected chi connectivity index (χ0v) is 72.9. The number of nitrogens with zero attached hydrogens (tertiary/aromatic N) is 2. The highest BCUT2D eigenvalue weighted by atomic mass is 16.2. The van der Waals surface area contributed by atoms with Crippen molar-refractivity contribution in [3.63, 3.8) is 0 Å². The van der Waals surface area contributed by atoms with Gasteiger partial charge >= 0.3 is 0 Å². The van der Waals surface area contributed by atoms with E-state index in [4.69, 9.17) is 0 Å². The Morgan fingerprint density at radius 2 is 0.462 bits per heavy atom. The van der Waals surface area contributed by atoms with E-state index < -0.39 is 0 Å². The quantitative estimate of drug-likeness (QED) is 0.0735. The maximum atomic E-state index is 16.9. The third kappa shape index (κ3) is 14.3. The molecule has 0 bridgehead atoms. The largest absolute Gasteiger partial charge is 0.271 e. The van der Waals surface area contributed by atoms with E-state index in [1.54, 1.807) is 0 Å². The van der Waals surface area contributed by atoms with Crippen LogP contribution in [-0.2, 0) is 0 Å². The van der Waals surface area contributed by atoms with Crippen molar-refractivity contribution >= 4 is 99.0 Å². The van der Waals surface area contributed by atoms with Gasteiger partial charge in [-0.3, -0.25) is 29.0 Å². The molecule has 4 amide bonds. The van der Waals surface area contributed by atoms with E-state index in [0.717, 1.165) is 202 Å². The van der Waals surface area contributed by atoms with Crippen molar-refractivity contribution in [3.8, 4) is 0 Å². The highest BCUT2D eigenvalue weighted by molar-refractivity contribution is 6.46. The first-order valence-electron chi connectivity index (χ1n) is 51.2. The summed E-state index contributed by atoms with van der Waals surface area (Å²) in [6.45, 7) is 5.07. The summed E-state index contributed by atoms with van der Waals surface area (Å²) in [4.78, 5) is 70.8. The van der Waals surface area contributed by atoms with Crippen molar-refractivity contribution < 1.29 is 19.2 Å². The van der Waals surface area contributed by atoms with E-state index in [1.807, 2.05) is 9.80 Å². The summed E-state index contributed by atoms with van der Waals surface area (Å²) < 4.78 is 0. The van der Waals surface area contributed by atoms with Crippen LogP contribution in [0.3, 0.4) is 0 Å². The van der Waals surface area contributed by atoms with Gasteiger partial charge in [0.25, 0.3) is 23.6 Å². The van der Waals surface area contributed by atoms with Crippen LogP contribution < -0.4 is 0 Å². The lowest BCUT2D eigenvalue weighted by Crippen LogP contribution is -2.47. The van der Waals surface area contributed by atoms with Gasteiger partial charge in [-0.1, -0.05) is 308 Å². The molecule has 0 radical (unpaired) electrons. The molecule has 0 aromatic heterocycles. The van der Waals surface area contributed by atoms with Gasteiger partial charge in [-0.2, -0.15) is 0 Å². The van der Waals surface area contributed by atoms with Gasteiger partial charge < -0.3 is 0 Å². The molecule has 4 unspecified atom stereocenters. The Hall–Kier alpha value is -5.62. The number of carbonyl (C=O) groups excluding carboxylic acids is 4. The topological polar surface area (TPSA) is 74.8 Å². The predicted molar refractivity (Wildman–Crippen MR) is 487 cm³/mol. The van der Waals surface area contributed by atoms with Gasteiger partial charge in [0.1, 0.15) is 0 Å². The molecule has 11 aliphatic carbocycles. The summed E-state index contributed by atoms with van der Waals surface area (Å²) in [7, 11) is 0. The van der Waals surface area contributed by atoms with Gasteiger partial charge in [-0.15, -0.1) is 0 Å². The van der Waals surface area contributed by atoms with Gasteiger partial charge in [0.2, 0.25) is 0 Å². The summed E-state index contributed by atoms with van der Waals surface area (Å²) in [6.07, 6.45) is 72.4. The summed E-state index contributed by atoms with van der Waals surface area (Å²) in [5.74, 6) is 9.20. The van der Waals surface area contributed by atoms with Crippen LogP contribution in [0.25, 0.3) is 75.4 Å². The molecule has 6 heteroatoms. The van der Waals surface area contributed by atoms with E-state index in [1.165, 1.54) is 344 Å². The number of imide groups is 2. The highest BCUT2D eigenvalue weighted by Gasteiger charge is 2.46. The molecule has 624 valence electrons. The first-order valence-corrected chi connectivity index (χ1v) is 51.2. The minimum Gasteiger partial charge on any atom is -0.271 e. The Balaban J connectivity index is 0.822. The third-order valence-corrected chi connectivity index (χ3v) is 37.6. The number of hydrogen-bond donors (Lipinski definition) is 0. The number of hydrogen-bond acceptors (Lipinski definition) is 4. The first-order chi connectivity index (χ1) is 57.5. The molecule has 2 heterocycles. The van der Waals surface area contributed by atoms with Crippen molar-refractivity contribution in [2.24, 2.45) is 64.6 Å². The van der Waals surface area contributed by atoms with Crippen LogP contribution in [0.1, 0.15) is 474 Å². The molecular weight excluding hydrogens is 1430 g/mol. The number of amides is 4. The molecule has 13 aliphatic rings. The summed E-state index contributed by atoms with van der Waals surface area (Å²) >= 11 is 0. The smallest absolute Gasteiger partial charge is 0.261 e. The number of carbonyl (C=O) groups is 4. The van der Waals surface area contributed by atoms with Crippen LogP contribution in [0.2, 0.25) is 0 Å². The second kappa shape index (κ2) is 33.6. The maximum absolute atomic E-state index is 16.9. The van der Waals surface area contributed by atoms with E-state index in [0.29, 0.717) is 11.3 Å². The molecule has 11 saturated carbocycles. The number of rotatable bonds is 11. The van der Waals surface area contributed by atoms with Crippen LogP contribution in [0.15, 0.2) is 48.5 Å². The molecule has 0 spiro atoms. The summed E-state index contributed by atoms with van der Waals surface area (Å²) in [5, 5.41) is 17.9. The second-order valence-electron chi connectivity index (χ2n) is 43.9. The second-order valence-corrected chi connectivity index (χ2v) is 43.9. The number of fused-ring (bicyclic) bond motifs is 4. The number of benzene rings is 8. The van der Waals surface area contributed by atoms with Crippen molar-refractivity contribution in [3.05, 3.63) is 93.0 Å². The van der Waals surface area contributed by atoms with Crippen LogP contribution in [-0.4, -0.2) is 45.5 Å². The SMILES string of the molecule is CC1CCCC(N2C(=O)c3cc(C4CCCC(C5CCCC5)CCC4)c4c5ccc6c7c(C8CCCC(C9CCCC9)CCC8)cc8c9c(cc(C%10CCCCC(C%11(C)CCCC%11)CCC%10)c(c%10ccc(c%11c(C%12CCCC(C%13CCCC%13)CCC%12)cc(c3c4%11)C2=O)c5c6%10)c97)C(=O)N(C2CCCCC(C3CCCC3)CCC2)C8=O)CCC1. The van der Waals surface area contributed by atoms with Crippen molar-refractivity contribution in [2.45, 2.75) is 422 Å². The highest BCUT2D eigenvalue weighted by Crippen LogP contribution is 2.60. The van der Waals surface area contributed by atoms with Crippen molar-refractivity contribution in [1.82, 2.24) is 9.80 Å². The normalized spacial score (nSPS) is 31.5. The molecule has 4 atom stereocenters. The molecule has 0 N–H and O–H groups in total.